The molecule has 0 aliphatic carbocycles. The maximum atomic E-state index is 13.2. The summed E-state index contributed by atoms with van der Waals surface area (Å²) in [5.74, 6) is 0.0226. The van der Waals surface area contributed by atoms with E-state index in [1.165, 1.54) is 4.70 Å². The molecule has 4 aromatic rings. The van der Waals surface area contributed by atoms with Crippen molar-refractivity contribution in [3.63, 3.8) is 0 Å². The van der Waals surface area contributed by atoms with Crippen molar-refractivity contribution in [2.24, 2.45) is 7.05 Å². The number of carbonyl (C=O) groups is 1. The van der Waals surface area contributed by atoms with Gasteiger partial charge in [0.15, 0.2) is 5.65 Å². The average molecular weight is 377 g/mol. The predicted octanol–water partition coefficient (Wildman–Crippen LogP) is 3.86. The fraction of sp³-hybridized carbons (Fsp3) is 0.300. The molecule has 0 bridgehead atoms. The van der Waals surface area contributed by atoms with Crippen LogP contribution in [0.25, 0.3) is 21.3 Å². The van der Waals surface area contributed by atoms with Crippen molar-refractivity contribution < 1.29 is 4.79 Å². The normalized spacial score (nSPS) is 17.3. The topological polar surface area (TPSA) is 63.9 Å². The monoisotopic (exact) mass is 377 g/mol. The molecule has 1 saturated heterocycles. The SMILES string of the molecule is Cc1nn(C)c2ncc(C(=O)N3CCC[C@H]3c3nc4ccccc4s3)cc12. The lowest BCUT2D eigenvalue weighted by molar-refractivity contribution is 0.0735. The standard InChI is InChI=1S/C20H19N5OS/c1-12-14-10-13(11-21-18(14)24(2)23-12)20(26)25-9-5-7-16(25)19-22-15-6-3-4-8-17(15)27-19/h3-4,6,8,10-11,16H,5,7,9H2,1-2H3/t16-/m0/s1. The highest BCUT2D eigenvalue weighted by atomic mass is 32.1. The van der Waals surface area contributed by atoms with Gasteiger partial charge < -0.3 is 4.90 Å². The van der Waals surface area contributed by atoms with E-state index in [1.54, 1.807) is 22.2 Å². The van der Waals surface area contributed by atoms with E-state index in [0.717, 1.165) is 46.6 Å². The molecule has 136 valence electrons. The Morgan fingerprint density at radius 1 is 1.30 bits per heavy atom. The van der Waals surface area contributed by atoms with Gasteiger partial charge in [0.2, 0.25) is 0 Å². The van der Waals surface area contributed by atoms with Crippen molar-refractivity contribution in [1.29, 1.82) is 0 Å². The van der Waals surface area contributed by atoms with Gasteiger partial charge in [0.25, 0.3) is 5.91 Å². The molecule has 1 aromatic carbocycles. The minimum absolute atomic E-state index is 0.0226. The highest BCUT2D eigenvalue weighted by Gasteiger charge is 2.33. The van der Waals surface area contributed by atoms with Crippen LogP contribution in [0.3, 0.4) is 0 Å². The maximum Gasteiger partial charge on any atom is 0.256 e. The second-order valence-electron chi connectivity index (χ2n) is 6.98. The van der Waals surface area contributed by atoms with Crippen LogP contribution < -0.4 is 0 Å². The molecule has 5 rings (SSSR count). The summed E-state index contributed by atoms with van der Waals surface area (Å²) in [6, 6.07) is 10.1. The predicted molar refractivity (Wildman–Crippen MR) is 106 cm³/mol. The fourth-order valence-electron chi connectivity index (χ4n) is 3.89. The summed E-state index contributed by atoms with van der Waals surface area (Å²) >= 11 is 1.69. The van der Waals surface area contributed by atoms with Crippen molar-refractivity contribution in [2.75, 3.05) is 6.54 Å². The third-order valence-corrected chi connectivity index (χ3v) is 6.36. The summed E-state index contributed by atoms with van der Waals surface area (Å²) in [5.41, 5.74) is 3.31. The van der Waals surface area contributed by atoms with E-state index in [2.05, 4.69) is 16.1 Å². The van der Waals surface area contributed by atoms with E-state index >= 15 is 0 Å². The van der Waals surface area contributed by atoms with E-state index in [4.69, 9.17) is 4.98 Å². The number of likely N-dealkylation sites (tertiary alicyclic amines) is 1. The molecule has 0 N–H and O–H groups in total. The minimum Gasteiger partial charge on any atom is -0.329 e. The van der Waals surface area contributed by atoms with Crippen LogP contribution in [0, 0.1) is 6.92 Å². The molecule has 0 saturated carbocycles. The minimum atomic E-state index is 0.0226. The third kappa shape index (κ3) is 2.61. The first-order valence-electron chi connectivity index (χ1n) is 9.07. The van der Waals surface area contributed by atoms with E-state index in [9.17, 15) is 4.79 Å². The lowest BCUT2D eigenvalue weighted by atomic mass is 10.1. The van der Waals surface area contributed by atoms with Crippen molar-refractivity contribution in [1.82, 2.24) is 24.6 Å². The number of aryl methyl sites for hydroxylation is 2. The zero-order valence-corrected chi connectivity index (χ0v) is 16.0. The first-order chi connectivity index (χ1) is 13.1. The van der Waals surface area contributed by atoms with Crippen LogP contribution in [-0.2, 0) is 7.05 Å². The number of benzene rings is 1. The molecule has 1 fully saturated rings. The van der Waals surface area contributed by atoms with E-state index < -0.39 is 0 Å². The number of hydrogen-bond acceptors (Lipinski definition) is 5. The summed E-state index contributed by atoms with van der Waals surface area (Å²) in [6.07, 6.45) is 3.61. The molecule has 0 radical (unpaired) electrons. The van der Waals surface area contributed by atoms with Gasteiger partial charge >= 0.3 is 0 Å². The lowest BCUT2D eigenvalue weighted by Gasteiger charge is -2.23. The first kappa shape index (κ1) is 16.4. The number of amides is 1. The number of para-hydroxylation sites is 1. The molecule has 27 heavy (non-hydrogen) atoms. The number of carbonyl (C=O) groups excluding carboxylic acids is 1. The molecule has 0 unspecified atom stereocenters. The number of nitrogens with zero attached hydrogens (tertiary/aromatic N) is 5. The Hall–Kier alpha value is -2.80. The average Bonchev–Trinajstić information content (AvgIpc) is 3.38. The lowest BCUT2D eigenvalue weighted by Crippen LogP contribution is -2.30. The summed E-state index contributed by atoms with van der Waals surface area (Å²) in [4.78, 5) is 24.4. The molecule has 1 aliphatic heterocycles. The molecule has 6 nitrogen and oxygen atoms in total. The van der Waals surface area contributed by atoms with Crippen LogP contribution in [0.1, 0.15) is 39.9 Å². The molecule has 7 heteroatoms. The van der Waals surface area contributed by atoms with Gasteiger partial charge in [0.1, 0.15) is 5.01 Å². The van der Waals surface area contributed by atoms with E-state index in [1.807, 2.05) is 43.1 Å². The molecular weight excluding hydrogens is 358 g/mol. The van der Waals surface area contributed by atoms with Crippen LogP contribution in [0.5, 0.6) is 0 Å². The summed E-state index contributed by atoms with van der Waals surface area (Å²) in [7, 11) is 1.87. The number of pyridine rings is 1. The van der Waals surface area contributed by atoms with Crippen LogP contribution in [0.2, 0.25) is 0 Å². The van der Waals surface area contributed by atoms with Crippen molar-refractivity contribution in [3.8, 4) is 0 Å². The molecule has 0 spiro atoms. The Morgan fingerprint density at radius 3 is 3.00 bits per heavy atom. The number of aromatic nitrogens is 4. The van der Waals surface area contributed by atoms with Gasteiger partial charge in [-0.05, 0) is 38.0 Å². The molecule has 3 aromatic heterocycles. The second-order valence-corrected chi connectivity index (χ2v) is 8.04. The third-order valence-electron chi connectivity index (χ3n) is 5.22. The van der Waals surface area contributed by atoms with Crippen molar-refractivity contribution in [3.05, 3.63) is 52.8 Å². The highest BCUT2D eigenvalue weighted by Crippen LogP contribution is 2.37. The Balaban J connectivity index is 1.51. The number of hydrogen-bond donors (Lipinski definition) is 0. The number of rotatable bonds is 2. The van der Waals surface area contributed by atoms with Gasteiger partial charge in [-0.25, -0.2) is 9.97 Å². The second kappa shape index (κ2) is 6.13. The van der Waals surface area contributed by atoms with Crippen molar-refractivity contribution in [2.45, 2.75) is 25.8 Å². The molecule has 4 heterocycles. The Labute approximate surface area is 160 Å². The van der Waals surface area contributed by atoms with Gasteiger partial charge in [0.05, 0.1) is 27.5 Å². The largest absolute Gasteiger partial charge is 0.329 e. The van der Waals surface area contributed by atoms with Crippen LogP contribution >= 0.6 is 11.3 Å². The van der Waals surface area contributed by atoms with Gasteiger partial charge in [-0.1, -0.05) is 12.1 Å². The van der Waals surface area contributed by atoms with Crippen LogP contribution in [-0.4, -0.2) is 37.1 Å². The van der Waals surface area contributed by atoms with Gasteiger partial charge in [-0.3, -0.25) is 9.48 Å². The molecule has 1 aliphatic rings. The highest BCUT2D eigenvalue weighted by molar-refractivity contribution is 7.18. The van der Waals surface area contributed by atoms with E-state index in [0.29, 0.717) is 5.56 Å². The number of fused-ring (bicyclic) bond motifs is 2. The Morgan fingerprint density at radius 2 is 2.15 bits per heavy atom. The zero-order chi connectivity index (χ0) is 18.5. The van der Waals surface area contributed by atoms with E-state index in [-0.39, 0.29) is 11.9 Å². The van der Waals surface area contributed by atoms with Gasteiger partial charge in [-0.15, -0.1) is 11.3 Å². The summed E-state index contributed by atoms with van der Waals surface area (Å²) in [6.45, 7) is 2.70. The van der Waals surface area contributed by atoms with Crippen LogP contribution in [0.15, 0.2) is 36.5 Å². The quantitative estimate of drug-likeness (QED) is 0.532. The maximum absolute atomic E-state index is 13.2. The van der Waals surface area contributed by atoms with Crippen LogP contribution in [0.4, 0.5) is 0 Å². The van der Waals surface area contributed by atoms with Gasteiger partial charge in [0, 0.05) is 25.2 Å². The fourth-order valence-corrected chi connectivity index (χ4v) is 5.01. The number of thiazole rings is 1. The first-order valence-corrected chi connectivity index (χ1v) is 9.89. The summed E-state index contributed by atoms with van der Waals surface area (Å²) in [5, 5.41) is 6.35. The summed E-state index contributed by atoms with van der Waals surface area (Å²) < 4.78 is 2.92. The zero-order valence-electron chi connectivity index (χ0n) is 15.2. The molecule has 1 amide bonds. The smallest absolute Gasteiger partial charge is 0.256 e. The Bertz CT molecular complexity index is 1140. The van der Waals surface area contributed by atoms with Gasteiger partial charge in [-0.2, -0.15) is 5.10 Å². The molecule has 1 atom stereocenters. The Kier molecular flexibility index (Phi) is 3.72. The van der Waals surface area contributed by atoms with Crippen molar-refractivity contribution >= 4 is 38.5 Å². The molecular formula is C20H19N5OS.